The maximum absolute atomic E-state index is 11.3. The van der Waals surface area contributed by atoms with Gasteiger partial charge in [-0.05, 0) is 43.7 Å². The molecule has 5 heteroatoms. The molecule has 108 valence electrons. The van der Waals surface area contributed by atoms with Gasteiger partial charge in [0.25, 0.3) is 5.69 Å². The van der Waals surface area contributed by atoms with E-state index in [1.165, 1.54) is 32.1 Å². The third-order valence-corrected chi connectivity index (χ3v) is 5.18. The molecule has 0 amide bonds. The van der Waals surface area contributed by atoms with Crippen molar-refractivity contribution in [3.8, 4) is 0 Å². The first-order valence-corrected chi connectivity index (χ1v) is 8.16. The van der Waals surface area contributed by atoms with Gasteiger partial charge < -0.3 is 4.90 Å². The van der Waals surface area contributed by atoms with E-state index in [9.17, 15) is 10.1 Å². The highest BCUT2D eigenvalue weighted by atomic mass is 79.9. The van der Waals surface area contributed by atoms with Gasteiger partial charge in [-0.2, -0.15) is 0 Å². The first-order chi connectivity index (χ1) is 9.66. The maximum Gasteiger partial charge on any atom is 0.293 e. The summed E-state index contributed by atoms with van der Waals surface area (Å²) in [6.07, 6.45) is 7.53. The van der Waals surface area contributed by atoms with Crippen molar-refractivity contribution < 1.29 is 4.92 Å². The van der Waals surface area contributed by atoms with E-state index in [1.807, 2.05) is 12.1 Å². The second kappa shape index (κ2) is 5.72. The van der Waals surface area contributed by atoms with Crippen LogP contribution in [0.4, 0.5) is 11.4 Å². The molecule has 1 aliphatic heterocycles. The van der Waals surface area contributed by atoms with E-state index in [0.717, 1.165) is 29.0 Å². The molecular formula is C15H19BrN2O2. The van der Waals surface area contributed by atoms with Crippen molar-refractivity contribution in [3.63, 3.8) is 0 Å². The molecule has 0 bridgehead atoms. The lowest BCUT2D eigenvalue weighted by Crippen LogP contribution is -2.35. The lowest BCUT2D eigenvalue weighted by molar-refractivity contribution is -0.384. The molecule has 2 aliphatic rings. The zero-order valence-electron chi connectivity index (χ0n) is 11.4. The van der Waals surface area contributed by atoms with Gasteiger partial charge in [-0.15, -0.1) is 0 Å². The summed E-state index contributed by atoms with van der Waals surface area (Å²) in [5.74, 6) is 0.723. The summed E-state index contributed by atoms with van der Waals surface area (Å²) in [6.45, 7) is 0.948. The van der Waals surface area contributed by atoms with Crippen molar-refractivity contribution >= 4 is 27.3 Å². The fourth-order valence-corrected chi connectivity index (χ4v) is 4.16. The Morgan fingerprint density at radius 3 is 2.65 bits per heavy atom. The van der Waals surface area contributed by atoms with Crippen LogP contribution in [0.5, 0.6) is 0 Å². The van der Waals surface area contributed by atoms with Crippen LogP contribution < -0.4 is 4.90 Å². The van der Waals surface area contributed by atoms with Gasteiger partial charge in [0.05, 0.1) is 4.92 Å². The fourth-order valence-electron chi connectivity index (χ4n) is 3.81. The van der Waals surface area contributed by atoms with E-state index >= 15 is 0 Å². The molecule has 20 heavy (non-hydrogen) atoms. The highest BCUT2D eigenvalue weighted by molar-refractivity contribution is 9.10. The lowest BCUT2D eigenvalue weighted by atomic mass is 9.95. The third kappa shape index (κ3) is 2.55. The monoisotopic (exact) mass is 338 g/mol. The van der Waals surface area contributed by atoms with Gasteiger partial charge in [0.1, 0.15) is 5.69 Å². The van der Waals surface area contributed by atoms with Crippen LogP contribution in [0, 0.1) is 16.0 Å². The van der Waals surface area contributed by atoms with Gasteiger partial charge in [0.2, 0.25) is 0 Å². The smallest absolute Gasteiger partial charge is 0.293 e. The van der Waals surface area contributed by atoms with Crippen LogP contribution in [0.25, 0.3) is 0 Å². The summed E-state index contributed by atoms with van der Waals surface area (Å²) in [5, 5.41) is 11.3. The van der Waals surface area contributed by atoms with Crippen molar-refractivity contribution in [3.05, 3.63) is 32.8 Å². The molecule has 0 N–H and O–H groups in total. The number of hydrogen-bond donors (Lipinski definition) is 0. The Morgan fingerprint density at radius 1 is 1.20 bits per heavy atom. The Balaban J connectivity index is 1.92. The zero-order chi connectivity index (χ0) is 14.1. The van der Waals surface area contributed by atoms with E-state index in [2.05, 4.69) is 20.8 Å². The minimum atomic E-state index is -0.260. The molecule has 1 unspecified atom stereocenters. The zero-order valence-corrected chi connectivity index (χ0v) is 13.0. The molecule has 1 saturated carbocycles. The molecule has 1 heterocycles. The fraction of sp³-hybridized carbons (Fsp3) is 0.600. The van der Waals surface area contributed by atoms with Gasteiger partial charge >= 0.3 is 0 Å². The molecule has 1 aliphatic carbocycles. The third-order valence-electron chi connectivity index (χ3n) is 4.69. The van der Waals surface area contributed by atoms with E-state index in [1.54, 1.807) is 6.07 Å². The van der Waals surface area contributed by atoms with Crippen molar-refractivity contribution in [1.29, 1.82) is 0 Å². The van der Waals surface area contributed by atoms with Crippen LogP contribution in [0.15, 0.2) is 22.7 Å². The van der Waals surface area contributed by atoms with E-state index in [4.69, 9.17) is 0 Å². The van der Waals surface area contributed by atoms with Crippen molar-refractivity contribution in [2.24, 2.45) is 5.92 Å². The number of nitro groups is 1. The molecule has 1 aromatic rings. The van der Waals surface area contributed by atoms with E-state index < -0.39 is 0 Å². The van der Waals surface area contributed by atoms with Gasteiger partial charge in [0.15, 0.2) is 0 Å². The Bertz CT molecular complexity index is 515. The second-order valence-electron chi connectivity index (χ2n) is 5.84. The van der Waals surface area contributed by atoms with Crippen LogP contribution in [0.3, 0.4) is 0 Å². The number of halogens is 1. The maximum atomic E-state index is 11.3. The minimum absolute atomic E-state index is 0.226. The van der Waals surface area contributed by atoms with Crippen LogP contribution in [-0.4, -0.2) is 17.5 Å². The summed E-state index contributed by atoms with van der Waals surface area (Å²) in [5.41, 5.74) is 1.02. The number of rotatable bonds is 3. The molecule has 0 aromatic heterocycles. The first kappa shape index (κ1) is 13.9. The average molecular weight is 339 g/mol. The Hall–Kier alpha value is -1.10. The van der Waals surface area contributed by atoms with Crippen LogP contribution >= 0.6 is 15.9 Å². The lowest BCUT2D eigenvalue weighted by Gasteiger charge is -2.31. The number of hydrogen-bond acceptors (Lipinski definition) is 3. The standard InChI is InChI=1S/C15H19BrN2O2/c16-12-7-8-14(15(10-12)18(19)20)17-9-3-6-13(17)11-4-1-2-5-11/h7-8,10-11,13H,1-6,9H2. The van der Waals surface area contributed by atoms with Gasteiger partial charge in [-0.1, -0.05) is 28.8 Å². The largest absolute Gasteiger partial charge is 0.363 e. The number of benzene rings is 1. The number of nitrogens with zero attached hydrogens (tertiary/aromatic N) is 2. The van der Waals surface area contributed by atoms with E-state index in [0.29, 0.717) is 6.04 Å². The van der Waals surface area contributed by atoms with Gasteiger partial charge in [-0.25, -0.2) is 0 Å². The Labute approximate surface area is 127 Å². The number of anilines is 1. The molecular weight excluding hydrogens is 320 g/mol. The Morgan fingerprint density at radius 2 is 1.95 bits per heavy atom. The molecule has 1 aromatic carbocycles. The van der Waals surface area contributed by atoms with E-state index in [-0.39, 0.29) is 10.6 Å². The SMILES string of the molecule is O=[N+]([O-])c1cc(Br)ccc1N1CCCC1C1CCCC1. The molecule has 0 radical (unpaired) electrons. The second-order valence-corrected chi connectivity index (χ2v) is 6.75. The normalized spacial score (nSPS) is 23.4. The molecule has 3 rings (SSSR count). The molecule has 2 fully saturated rings. The van der Waals surface area contributed by atoms with Crippen molar-refractivity contribution in [2.75, 3.05) is 11.4 Å². The average Bonchev–Trinajstić information content (AvgIpc) is 3.09. The van der Waals surface area contributed by atoms with Crippen molar-refractivity contribution in [2.45, 2.75) is 44.6 Å². The van der Waals surface area contributed by atoms with Gasteiger partial charge in [0, 0.05) is 23.1 Å². The summed E-state index contributed by atoms with van der Waals surface area (Å²) in [7, 11) is 0. The molecule has 1 saturated heterocycles. The predicted molar refractivity (Wildman–Crippen MR) is 83.1 cm³/mol. The predicted octanol–water partition coefficient (Wildman–Crippen LogP) is 4.52. The highest BCUT2D eigenvalue weighted by Gasteiger charge is 2.35. The summed E-state index contributed by atoms with van der Waals surface area (Å²) in [6, 6.07) is 5.93. The van der Waals surface area contributed by atoms with Gasteiger partial charge in [-0.3, -0.25) is 10.1 Å². The number of nitro benzene ring substituents is 1. The molecule has 4 nitrogen and oxygen atoms in total. The quantitative estimate of drug-likeness (QED) is 0.601. The summed E-state index contributed by atoms with van der Waals surface area (Å²) < 4.78 is 0.768. The summed E-state index contributed by atoms with van der Waals surface area (Å²) in [4.78, 5) is 13.3. The van der Waals surface area contributed by atoms with Crippen molar-refractivity contribution in [1.82, 2.24) is 0 Å². The van der Waals surface area contributed by atoms with Crippen LogP contribution in [-0.2, 0) is 0 Å². The van der Waals surface area contributed by atoms with Crippen LogP contribution in [0.1, 0.15) is 38.5 Å². The topological polar surface area (TPSA) is 46.4 Å². The minimum Gasteiger partial charge on any atom is -0.363 e. The molecule has 0 spiro atoms. The van der Waals surface area contributed by atoms with Crippen LogP contribution in [0.2, 0.25) is 0 Å². The first-order valence-electron chi connectivity index (χ1n) is 7.37. The summed E-state index contributed by atoms with van der Waals surface area (Å²) >= 11 is 3.33. The highest BCUT2D eigenvalue weighted by Crippen LogP contribution is 2.41. The molecule has 1 atom stereocenters. The Kier molecular flexibility index (Phi) is 3.96.